The van der Waals surface area contributed by atoms with Crippen LogP contribution in [0.5, 0.6) is 5.75 Å². The lowest BCUT2D eigenvalue weighted by molar-refractivity contribution is 0.0980. The third-order valence-corrected chi connectivity index (χ3v) is 2.96. The summed E-state index contributed by atoms with van der Waals surface area (Å²) in [5.41, 5.74) is 0.592. The van der Waals surface area contributed by atoms with E-state index in [1.807, 2.05) is 6.07 Å². The molecule has 1 rings (SSSR count). The molecule has 0 amide bonds. The van der Waals surface area contributed by atoms with E-state index in [0.29, 0.717) is 24.5 Å². The Morgan fingerprint density at radius 3 is 2.82 bits per heavy atom. The molecule has 0 spiro atoms. The Bertz CT molecular complexity index is 353. The van der Waals surface area contributed by atoms with Crippen LogP contribution < -0.4 is 4.74 Å². The van der Waals surface area contributed by atoms with Gasteiger partial charge < -0.3 is 9.47 Å². The molecule has 1 aromatic rings. The monoisotopic (exact) mass is 300 g/mol. The molecule has 3 nitrogen and oxygen atoms in total. The van der Waals surface area contributed by atoms with Crippen LogP contribution in [0.4, 0.5) is 0 Å². The minimum atomic E-state index is 0.504. The van der Waals surface area contributed by atoms with Crippen LogP contribution in [-0.2, 0) is 4.74 Å². The molecule has 0 saturated heterocycles. The summed E-state index contributed by atoms with van der Waals surface area (Å²) >= 11 is 3.29. The molecule has 0 N–H and O–H groups in total. The van der Waals surface area contributed by atoms with E-state index in [9.17, 15) is 4.79 Å². The topological polar surface area (TPSA) is 35.5 Å². The summed E-state index contributed by atoms with van der Waals surface area (Å²) in [5.74, 6) is 0.689. The molecule has 0 bridgehead atoms. The average Bonchev–Trinajstić information content (AvgIpc) is 2.35. The van der Waals surface area contributed by atoms with Crippen molar-refractivity contribution in [1.29, 1.82) is 0 Å². The fourth-order valence-electron chi connectivity index (χ4n) is 1.27. The molecule has 17 heavy (non-hydrogen) atoms. The van der Waals surface area contributed by atoms with E-state index in [-0.39, 0.29) is 0 Å². The van der Waals surface area contributed by atoms with Gasteiger partial charge in [0.1, 0.15) is 12.4 Å². The van der Waals surface area contributed by atoms with E-state index in [0.717, 1.165) is 30.2 Å². The van der Waals surface area contributed by atoms with Crippen molar-refractivity contribution >= 4 is 22.2 Å². The first-order chi connectivity index (χ1) is 8.27. The fourth-order valence-corrected chi connectivity index (χ4v) is 1.61. The van der Waals surface area contributed by atoms with Crippen molar-refractivity contribution in [2.75, 3.05) is 19.8 Å². The number of carbonyl (C=O) groups excluding carboxylic acids is 1. The molecule has 0 aliphatic heterocycles. The van der Waals surface area contributed by atoms with Crippen LogP contribution in [0.15, 0.2) is 22.7 Å². The lowest BCUT2D eigenvalue weighted by Gasteiger charge is -2.07. The molecule has 1 aromatic carbocycles. The number of rotatable bonds is 8. The Hall–Kier alpha value is -0.870. The van der Waals surface area contributed by atoms with Crippen molar-refractivity contribution in [2.45, 2.75) is 19.8 Å². The van der Waals surface area contributed by atoms with Crippen LogP contribution >= 0.6 is 15.9 Å². The fraction of sp³-hybridized carbons (Fsp3) is 0.462. The van der Waals surface area contributed by atoms with Gasteiger partial charge in [-0.15, -0.1) is 0 Å². The molecule has 0 aliphatic rings. The minimum Gasteiger partial charge on any atom is -0.491 e. The first-order valence-electron chi connectivity index (χ1n) is 5.73. The molecule has 0 heterocycles. The summed E-state index contributed by atoms with van der Waals surface area (Å²) in [7, 11) is 0. The van der Waals surface area contributed by atoms with Crippen LogP contribution in [0.25, 0.3) is 0 Å². The Balaban J connectivity index is 2.29. The maximum atomic E-state index is 10.7. The van der Waals surface area contributed by atoms with Crippen LogP contribution in [0.1, 0.15) is 30.1 Å². The van der Waals surface area contributed by atoms with E-state index < -0.39 is 0 Å². The Kier molecular flexibility index (Phi) is 6.89. The highest BCUT2D eigenvalue weighted by Crippen LogP contribution is 2.20. The molecular formula is C13H17BrO3. The summed E-state index contributed by atoms with van der Waals surface area (Å²) in [4.78, 5) is 10.7. The zero-order valence-electron chi connectivity index (χ0n) is 9.95. The van der Waals surface area contributed by atoms with Crippen molar-refractivity contribution in [2.24, 2.45) is 0 Å². The highest BCUT2D eigenvalue weighted by atomic mass is 79.9. The SMILES string of the molecule is CCCCOCCOc1ccc(Br)c(C=O)c1. The van der Waals surface area contributed by atoms with Crippen LogP contribution in [0, 0.1) is 0 Å². The van der Waals surface area contributed by atoms with E-state index in [2.05, 4.69) is 22.9 Å². The zero-order chi connectivity index (χ0) is 12.5. The van der Waals surface area contributed by atoms with E-state index in [1.165, 1.54) is 0 Å². The quantitative estimate of drug-likeness (QED) is 0.545. The van der Waals surface area contributed by atoms with Crippen molar-refractivity contribution in [3.05, 3.63) is 28.2 Å². The van der Waals surface area contributed by atoms with Crippen molar-refractivity contribution in [3.63, 3.8) is 0 Å². The largest absolute Gasteiger partial charge is 0.491 e. The Morgan fingerprint density at radius 2 is 2.12 bits per heavy atom. The predicted octanol–water partition coefficient (Wildman–Crippen LogP) is 3.46. The lowest BCUT2D eigenvalue weighted by Crippen LogP contribution is -2.07. The number of hydrogen-bond donors (Lipinski definition) is 0. The first-order valence-corrected chi connectivity index (χ1v) is 6.52. The van der Waals surface area contributed by atoms with E-state index in [1.54, 1.807) is 12.1 Å². The third kappa shape index (κ3) is 5.33. The summed E-state index contributed by atoms with van der Waals surface area (Å²) in [6.07, 6.45) is 3.01. The maximum Gasteiger partial charge on any atom is 0.151 e. The van der Waals surface area contributed by atoms with Gasteiger partial charge in [-0.05, 0) is 24.6 Å². The average molecular weight is 301 g/mol. The van der Waals surface area contributed by atoms with Gasteiger partial charge in [0.2, 0.25) is 0 Å². The maximum absolute atomic E-state index is 10.7. The number of hydrogen-bond acceptors (Lipinski definition) is 3. The number of carbonyl (C=O) groups is 1. The highest BCUT2D eigenvalue weighted by molar-refractivity contribution is 9.10. The van der Waals surface area contributed by atoms with Crippen LogP contribution in [0.3, 0.4) is 0 Å². The summed E-state index contributed by atoms with van der Waals surface area (Å²) in [5, 5.41) is 0. The second kappa shape index (κ2) is 8.25. The van der Waals surface area contributed by atoms with Crippen molar-refractivity contribution in [3.8, 4) is 5.75 Å². The Morgan fingerprint density at radius 1 is 1.29 bits per heavy atom. The van der Waals surface area contributed by atoms with Gasteiger partial charge in [-0.1, -0.05) is 29.3 Å². The van der Waals surface area contributed by atoms with Crippen LogP contribution in [-0.4, -0.2) is 26.1 Å². The van der Waals surface area contributed by atoms with E-state index >= 15 is 0 Å². The summed E-state index contributed by atoms with van der Waals surface area (Å²) in [6.45, 7) is 3.98. The number of halogens is 1. The van der Waals surface area contributed by atoms with Gasteiger partial charge in [0.25, 0.3) is 0 Å². The molecule has 0 fully saturated rings. The molecule has 0 aromatic heterocycles. The standard InChI is InChI=1S/C13H17BrO3/c1-2-3-6-16-7-8-17-12-4-5-13(14)11(9-12)10-15/h4-5,9-10H,2-3,6-8H2,1H3. The molecule has 4 heteroatoms. The second-order valence-electron chi connectivity index (χ2n) is 3.62. The highest BCUT2D eigenvalue weighted by Gasteiger charge is 2.01. The third-order valence-electron chi connectivity index (χ3n) is 2.23. The van der Waals surface area contributed by atoms with Gasteiger partial charge in [-0.25, -0.2) is 0 Å². The van der Waals surface area contributed by atoms with Gasteiger partial charge in [-0.2, -0.15) is 0 Å². The molecule has 0 radical (unpaired) electrons. The van der Waals surface area contributed by atoms with Gasteiger partial charge in [0.15, 0.2) is 6.29 Å². The lowest BCUT2D eigenvalue weighted by atomic mass is 10.2. The normalized spacial score (nSPS) is 10.2. The molecule has 94 valence electrons. The van der Waals surface area contributed by atoms with Crippen LogP contribution in [0.2, 0.25) is 0 Å². The number of benzene rings is 1. The summed E-state index contributed by atoms with van der Waals surface area (Å²) in [6, 6.07) is 5.34. The number of unbranched alkanes of at least 4 members (excludes halogenated alkanes) is 1. The molecule has 0 saturated carbocycles. The van der Waals surface area contributed by atoms with Gasteiger partial charge >= 0.3 is 0 Å². The summed E-state index contributed by atoms with van der Waals surface area (Å²) < 4.78 is 11.6. The van der Waals surface area contributed by atoms with Gasteiger partial charge in [0.05, 0.1) is 6.61 Å². The van der Waals surface area contributed by atoms with Gasteiger partial charge in [0, 0.05) is 16.6 Å². The number of ether oxygens (including phenoxy) is 2. The molecule has 0 aliphatic carbocycles. The van der Waals surface area contributed by atoms with E-state index in [4.69, 9.17) is 9.47 Å². The molecule has 0 atom stereocenters. The predicted molar refractivity (Wildman–Crippen MR) is 70.8 cm³/mol. The van der Waals surface area contributed by atoms with Gasteiger partial charge in [-0.3, -0.25) is 4.79 Å². The smallest absolute Gasteiger partial charge is 0.151 e. The second-order valence-corrected chi connectivity index (χ2v) is 4.47. The van der Waals surface area contributed by atoms with Crippen molar-refractivity contribution < 1.29 is 14.3 Å². The zero-order valence-corrected chi connectivity index (χ0v) is 11.5. The van der Waals surface area contributed by atoms with Crippen molar-refractivity contribution in [1.82, 2.24) is 0 Å². The minimum absolute atomic E-state index is 0.504. The number of aldehydes is 1. The molecule has 0 unspecified atom stereocenters. The first kappa shape index (κ1) is 14.2. The Labute approximate surface area is 110 Å². The molecular weight excluding hydrogens is 284 g/mol.